The van der Waals surface area contributed by atoms with Crippen molar-refractivity contribution >= 4 is 6.09 Å². The van der Waals surface area contributed by atoms with Crippen LogP contribution >= 0.6 is 0 Å². The highest BCUT2D eigenvalue weighted by molar-refractivity contribution is 5.79. The maximum atomic E-state index is 12.6. The summed E-state index contributed by atoms with van der Waals surface area (Å²) in [5, 5.41) is 12.7. The van der Waals surface area contributed by atoms with Crippen molar-refractivity contribution in [3.05, 3.63) is 120 Å². The first-order chi connectivity index (χ1) is 16.2. The highest BCUT2D eigenvalue weighted by Crippen LogP contribution is 2.44. The van der Waals surface area contributed by atoms with Gasteiger partial charge >= 0.3 is 6.09 Å². The van der Waals surface area contributed by atoms with Crippen molar-refractivity contribution in [3.8, 4) is 22.3 Å². The third kappa shape index (κ3) is 4.26. The number of fused-ring (bicyclic) bond motifs is 3. The van der Waals surface area contributed by atoms with E-state index < -0.39 is 12.1 Å². The fourth-order valence-electron chi connectivity index (χ4n) is 4.56. The van der Waals surface area contributed by atoms with E-state index >= 15 is 0 Å². The van der Waals surface area contributed by atoms with Crippen LogP contribution in [-0.2, 0) is 4.74 Å². The maximum Gasteiger partial charge on any atom is 0.407 e. The smallest absolute Gasteiger partial charge is 0.407 e. The standard InChI is InChI=1S/C29H25NO3/c31-18-28(22-16-14-21(15-17-22)20-8-2-1-3-9-20)30-29(32)33-19-27-25-12-6-4-10-23(25)24-11-5-7-13-26(24)27/h1-17,27-28,31H,18-19H2,(H,30,32). The van der Waals surface area contributed by atoms with Crippen LogP contribution in [0.3, 0.4) is 0 Å². The van der Waals surface area contributed by atoms with Gasteiger partial charge in [0.2, 0.25) is 0 Å². The zero-order valence-electron chi connectivity index (χ0n) is 18.1. The molecule has 4 aromatic rings. The first-order valence-corrected chi connectivity index (χ1v) is 11.1. The molecule has 0 radical (unpaired) electrons. The Morgan fingerprint density at radius 2 is 1.30 bits per heavy atom. The highest BCUT2D eigenvalue weighted by Gasteiger charge is 2.29. The molecule has 0 heterocycles. The molecule has 4 aromatic carbocycles. The average Bonchev–Trinajstić information content (AvgIpc) is 3.20. The third-order valence-electron chi connectivity index (χ3n) is 6.24. The lowest BCUT2D eigenvalue weighted by atomic mass is 9.98. The molecule has 1 atom stereocenters. The Balaban J connectivity index is 1.25. The molecule has 1 aliphatic rings. The molecule has 0 saturated heterocycles. The molecule has 0 bridgehead atoms. The van der Waals surface area contributed by atoms with Gasteiger partial charge in [0.15, 0.2) is 0 Å². The number of nitrogens with one attached hydrogen (secondary N) is 1. The second kappa shape index (κ2) is 9.31. The summed E-state index contributed by atoms with van der Waals surface area (Å²) in [5.74, 6) is 0.000817. The second-order valence-corrected chi connectivity index (χ2v) is 8.19. The largest absolute Gasteiger partial charge is 0.449 e. The zero-order valence-corrected chi connectivity index (χ0v) is 18.1. The SMILES string of the molecule is O=C(NC(CO)c1ccc(-c2ccccc2)cc1)OCC1c2ccccc2-c2ccccc21. The minimum Gasteiger partial charge on any atom is -0.449 e. The Morgan fingerprint density at radius 3 is 1.91 bits per heavy atom. The average molecular weight is 436 g/mol. The number of amides is 1. The quantitative estimate of drug-likeness (QED) is 0.395. The van der Waals surface area contributed by atoms with Crippen molar-refractivity contribution < 1.29 is 14.6 Å². The van der Waals surface area contributed by atoms with Crippen LogP contribution in [0.15, 0.2) is 103 Å². The van der Waals surface area contributed by atoms with Gasteiger partial charge in [-0.25, -0.2) is 4.79 Å². The zero-order chi connectivity index (χ0) is 22.6. The summed E-state index contributed by atoms with van der Waals surface area (Å²) < 4.78 is 5.63. The van der Waals surface area contributed by atoms with E-state index in [0.29, 0.717) is 0 Å². The van der Waals surface area contributed by atoms with Crippen LogP contribution in [0.2, 0.25) is 0 Å². The van der Waals surface area contributed by atoms with Crippen LogP contribution in [0.25, 0.3) is 22.3 Å². The number of carbonyl (C=O) groups excluding carboxylic acids is 1. The molecule has 1 unspecified atom stereocenters. The van der Waals surface area contributed by atoms with Gasteiger partial charge in [0, 0.05) is 5.92 Å². The molecule has 164 valence electrons. The van der Waals surface area contributed by atoms with Crippen molar-refractivity contribution in [1.29, 1.82) is 0 Å². The first-order valence-electron chi connectivity index (χ1n) is 11.1. The number of alkyl carbamates (subject to hydrolysis) is 1. The normalized spacial score (nSPS) is 13.1. The number of hydrogen-bond acceptors (Lipinski definition) is 3. The fraction of sp³-hybridized carbons (Fsp3) is 0.138. The van der Waals surface area contributed by atoms with Crippen molar-refractivity contribution in [3.63, 3.8) is 0 Å². The van der Waals surface area contributed by atoms with Gasteiger partial charge in [-0.3, -0.25) is 0 Å². The van der Waals surface area contributed by atoms with Crippen molar-refractivity contribution in [2.24, 2.45) is 0 Å². The predicted molar refractivity (Wildman–Crippen MR) is 130 cm³/mol. The number of carbonyl (C=O) groups is 1. The molecule has 0 aliphatic heterocycles. The summed E-state index contributed by atoms with van der Waals surface area (Å²) in [7, 11) is 0. The number of benzene rings is 4. The molecular weight excluding hydrogens is 410 g/mol. The Kier molecular flexibility index (Phi) is 5.92. The van der Waals surface area contributed by atoms with Crippen LogP contribution in [-0.4, -0.2) is 24.4 Å². The van der Waals surface area contributed by atoms with E-state index in [1.54, 1.807) is 0 Å². The van der Waals surface area contributed by atoms with Gasteiger partial charge < -0.3 is 15.2 Å². The lowest BCUT2D eigenvalue weighted by molar-refractivity contribution is 0.132. The molecular formula is C29H25NO3. The van der Waals surface area contributed by atoms with Crippen LogP contribution in [0, 0.1) is 0 Å². The number of hydrogen-bond donors (Lipinski definition) is 2. The van der Waals surface area contributed by atoms with E-state index in [0.717, 1.165) is 16.7 Å². The van der Waals surface area contributed by atoms with Crippen molar-refractivity contribution in [2.75, 3.05) is 13.2 Å². The van der Waals surface area contributed by atoms with Crippen molar-refractivity contribution in [1.82, 2.24) is 5.32 Å². The van der Waals surface area contributed by atoms with Crippen LogP contribution in [0.4, 0.5) is 4.79 Å². The van der Waals surface area contributed by atoms with Crippen LogP contribution in [0.1, 0.15) is 28.7 Å². The van der Waals surface area contributed by atoms with E-state index in [4.69, 9.17) is 4.74 Å². The third-order valence-corrected chi connectivity index (χ3v) is 6.24. The molecule has 4 heteroatoms. The number of rotatable bonds is 6. The van der Waals surface area contributed by atoms with Gasteiger partial charge in [-0.1, -0.05) is 103 Å². The van der Waals surface area contributed by atoms with Gasteiger partial charge in [0.05, 0.1) is 12.6 Å². The molecule has 5 rings (SSSR count). The molecule has 0 spiro atoms. The maximum absolute atomic E-state index is 12.6. The molecule has 33 heavy (non-hydrogen) atoms. The summed E-state index contributed by atoms with van der Waals surface area (Å²) >= 11 is 0. The Hall–Kier alpha value is -3.89. The van der Waals surface area contributed by atoms with Crippen molar-refractivity contribution in [2.45, 2.75) is 12.0 Å². The summed E-state index contributed by atoms with van der Waals surface area (Å²) in [6.45, 7) is 0.0276. The lowest BCUT2D eigenvalue weighted by Crippen LogP contribution is -2.32. The van der Waals surface area contributed by atoms with E-state index in [1.807, 2.05) is 78.9 Å². The summed E-state index contributed by atoms with van der Waals surface area (Å²) in [6.07, 6.45) is -0.539. The van der Waals surface area contributed by atoms with Gasteiger partial charge in [0.25, 0.3) is 0 Å². The topological polar surface area (TPSA) is 58.6 Å². The summed E-state index contributed by atoms with van der Waals surface area (Å²) in [5.41, 5.74) is 7.74. The Labute approximate surface area is 193 Å². The molecule has 0 fully saturated rings. The molecule has 0 aromatic heterocycles. The first kappa shape index (κ1) is 21.0. The van der Waals surface area contributed by atoms with Gasteiger partial charge in [-0.2, -0.15) is 0 Å². The Bertz CT molecular complexity index is 1210. The van der Waals surface area contributed by atoms with E-state index in [-0.39, 0.29) is 19.1 Å². The van der Waals surface area contributed by atoms with Gasteiger partial charge in [0.1, 0.15) is 6.61 Å². The monoisotopic (exact) mass is 435 g/mol. The minimum atomic E-state index is -0.539. The van der Waals surface area contributed by atoms with Gasteiger partial charge in [-0.15, -0.1) is 0 Å². The number of aliphatic hydroxyl groups excluding tert-OH is 1. The van der Waals surface area contributed by atoms with E-state index in [2.05, 4.69) is 29.6 Å². The lowest BCUT2D eigenvalue weighted by Gasteiger charge is -2.19. The molecule has 1 aliphatic carbocycles. The molecule has 0 saturated carbocycles. The highest BCUT2D eigenvalue weighted by atomic mass is 16.5. The number of aliphatic hydroxyl groups is 1. The van der Waals surface area contributed by atoms with Gasteiger partial charge in [-0.05, 0) is 38.9 Å². The fourth-order valence-corrected chi connectivity index (χ4v) is 4.56. The molecule has 4 nitrogen and oxygen atoms in total. The summed E-state index contributed by atoms with van der Waals surface area (Å²) in [6, 6.07) is 33.8. The van der Waals surface area contributed by atoms with Crippen LogP contribution in [0.5, 0.6) is 0 Å². The second-order valence-electron chi connectivity index (χ2n) is 8.19. The summed E-state index contributed by atoms with van der Waals surface area (Å²) in [4.78, 5) is 12.6. The van der Waals surface area contributed by atoms with Crippen LogP contribution < -0.4 is 5.32 Å². The van der Waals surface area contributed by atoms with E-state index in [9.17, 15) is 9.90 Å². The predicted octanol–water partition coefficient (Wildman–Crippen LogP) is 5.93. The number of ether oxygens (including phenoxy) is 1. The Morgan fingerprint density at radius 1 is 0.758 bits per heavy atom. The molecule has 2 N–H and O–H groups in total. The van der Waals surface area contributed by atoms with E-state index in [1.165, 1.54) is 22.3 Å². The molecule has 1 amide bonds. The minimum absolute atomic E-state index is 0.000817.